The summed E-state index contributed by atoms with van der Waals surface area (Å²) >= 11 is 12.2. The van der Waals surface area contributed by atoms with Crippen molar-refractivity contribution in [2.24, 2.45) is 0 Å². The van der Waals surface area contributed by atoms with Crippen molar-refractivity contribution in [1.29, 1.82) is 0 Å². The highest BCUT2D eigenvalue weighted by atomic mass is 35.5. The molecule has 0 aromatic heterocycles. The van der Waals surface area contributed by atoms with E-state index in [1.807, 2.05) is 6.07 Å². The third-order valence-corrected chi connectivity index (χ3v) is 3.31. The van der Waals surface area contributed by atoms with Crippen molar-refractivity contribution in [2.45, 2.75) is 46.1 Å². The van der Waals surface area contributed by atoms with Gasteiger partial charge in [0.2, 0.25) is 0 Å². The lowest BCUT2D eigenvalue weighted by atomic mass is 10.2. The monoisotopic (exact) mass is 303 g/mol. The standard InChI is InChI=1S/C15H23Cl2NO/c1-3-5-6-7-18-11-12-9-13(16)10-14(17)15(12)19-8-4-2/h9-10,18H,3-8,11H2,1-2H3. The smallest absolute Gasteiger partial charge is 0.142 e. The van der Waals surface area contributed by atoms with Gasteiger partial charge in [-0.2, -0.15) is 0 Å². The first-order valence-corrected chi connectivity index (χ1v) is 7.76. The second-order valence-electron chi connectivity index (χ2n) is 4.61. The Morgan fingerprint density at radius 3 is 2.58 bits per heavy atom. The maximum Gasteiger partial charge on any atom is 0.142 e. The summed E-state index contributed by atoms with van der Waals surface area (Å²) in [6.45, 7) is 6.69. The van der Waals surface area contributed by atoms with Gasteiger partial charge in [-0.15, -0.1) is 0 Å². The lowest BCUT2D eigenvalue weighted by Crippen LogP contribution is -2.15. The van der Waals surface area contributed by atoms with Crippen LogP contribution in [0.5, 0.6) is 5.75 Å². The molecule has 0 aliphatic carbocycles. The topological polar surface area (TPSA) is 21.3 Å². The summed E-state index contributed by atoms with van der Waals surface area (Å²) in [6.07, 6.45) is 4.64. The number of ether oxygens (including phenoxy) is 1. The highest BCUT2D eigenvalue weighted by molar-refractivity contribution is 6.35. The molecule has 0 unspecified atom stereocenters. The minimum absolute atomic E-state index is 0.589. The highest BCUT2D eigenvalue weighted by Gasteiger charge is 2.10. The van der Waals surface area contributed by atoms with E-state index in [2.05, 4.69) is 19.2 Å². The van der Waals surface area contributed by atoms with Crippen molar-refractivity contribution < 1.29 is 4.74 Å². The fraction of sp³-hybridized carbons (Fsp3) is 0.600. The number of rotatable bonds is 9. The average molecular weight is 304 g/mol. The van der Waals surface area contributed by atoms with E-state index in [0.29, 0.717) is 16.7 Å². The van der Waals surface area contributed by atoms with E-state index in [9.17, 15) is 0 Å². The predicted molar refractivity (Wildman–Crippen MR) is 83.5 cm³/mol. The number of unbranched alkanes of at least 4 members (excludes halogenated alkanes) is 2. The van der Waals surface area contributed by atoms with Gasteiger partial charge in [0.1, 0.15) is 5.75 Å². The van der Waals surface area contributed by atoms with Crippen molar-refractivity contribution in [1.82, 2.24) is 5.32 Å². The number of nitrogens with one attached hydrogen (secondary N) is 1. The molecule has 2 nitrogen and oxygen atoms in total. The van der Waals surface area contributed by atoms with Crippen LogP contribution >= 0.6 is 23.2 Å². The minimum atomic E-state index is 0.589. The normalized spacial score (nSPS) is 10.7. The Labute approximate surface area is 126 Å². The average Bonchev–Trinajstić information content (AvgIpc) is 2.37. The number of benzene rings is 1. The highest BCUT2D eigenvalue weighted by Crippen LogP contribution is 2.32. The zero-order valence-corrected chi connectivity index (χ0v) is 13.3. The number of hydrogen-bond donors (Lipinski definition) is 1. The SMILES string of the molecule is CCCCCNCc1cc(Cl)cc(Cl)c1OCCC. The van der Waals surface area contributed by atoms with Crippen LogP contribution in [0.4, 0.5) is 0 Å². The molecule has 4 heteroatoms. The molecule has 0 aliphatic heterocycles. The molecule has 0 spiro atoms. The van der Waals surface area contributed by atoms with Crippen LogP contribution in [-0.4, -0.2) is 13.2 Å². The summed E-state index contributed by atoms with van der Waals surface area (Å²) in [4.78, 5) is 0. The van der Waals surface area contributed by atoms with Gasteiger partial charge in [0.05, 0.1) is 11.6 Å². The van der Waals surface area contributed by atoms with Crippen molar-refractivity contribution in [3.63, 3.8) is 0 Å². The molecule has 1 aromatic carbocycles. The number of halogens is 2. The lowest BCUT2D eigenvalue weighted by Gasteiger charge is -2.14. The fourth-order valence-electron chi connectivity index (χ4n) is 1.83. The Bertz CT molecular complexity index is 383. The van der Waals surface area contributed by atoms with Crippen molar-refractivity contribution in [3.8, 4) is 5.75 Å². The molecule has 0 aliphatic rings. The summed E-state index contributed by atoms with van der Waals surface area (Å²) in [5, 5.41) is 4.65. The van der Waals surface area contributed by atoms with E-state index in [1.165, 1.54) is 19.3 Å². The molecule has 0 amide bonds. The maximum absolute atomic E-state index is 6.20. The Morgan fingerprint density at radius 1 is 1.11 bits per heavy atom. The van der Waals surface area contributed by atoms with Crippen molar-refractivity contribution in [2.75, 3.05) is 13.2 Å². The third kappa shape index (κ3) is 6.03. The first-order chi connectivity index (χ1) is 9.19. The van der Waals surface area contributed by atoms with Crippen LogP contribution in [0.25, 0.3) is 0 Å². The lowest BCUT2D eigenvalue weighted by molar-refractivity contribution is 0.313. The maximum atomic E-state index is 6.20. The van der Waals surface area contributed by atoms with Gasteiger partial charge in [-0.1, -0.05) is 49.9 Å². The first kappa shape index (κ1) is 16.6. The minimum Gasteiger partial charge on any atom is -0.492 e. The van der Waals surface area contributed by atoms with Gasteiger partial charge in [-0.25, -0.2) is 0 Å². The summed E-state index contributed by atoms with van der Waals surface area (Å²) in [7, 11) is 0. The molecule has 1 rings (SSSR count). The third-order valence-electron chi connectivity index (χ3n) is 2.81. The Balaban J connectivity index is 2.62. The molecule has 0 atom stereocenters. The van der Waals surface area contributed by atoms with E-state index in [4.69, 9.17) is 27.9 Å². The van der Waals surface area contributed by atoms with Gasteiger partial charge in [-0.3, -0.25) is 0 Å². The van der Waals surface area contributed by atoms with Crippen LogP contribution in [0.2, 0.25) is 10.0 Å². The van der Waals surface area contributed by atoms with Crippen LogP contribution in [0.3, 0.4) is 0 Å². The molecule has 1 aromatic rings. The van der Waals surface area contributed by atoms with E-state index in [1.54, 1.807) is 6.07 Å². The molecule has 0 saturated heterocycles. The van der Waals surface area contributed by atoms with E-state index >= 15 is 0 Å². The van der Waals surface area contributed by atoms with Crippen molar-refractivity contribution in [3.05, 3.63) is 27.7 Å². The quantitative estimate of drug-likeness (QED) is 0.644. The molecular weight excluding hydrogens is 281 g/mol. The molecule has 0 heterocycles. The molecule has 0 radical (unpaired) electrons. The van der Waals surface area contributed by atoms with E-state index < -0.39 is 0 Å². The summed E-state index contributed by atoms with van der Waals surface area (Å²) in [6, 6.07) is 3.65. The number of hydrogen-bond acceptors (Lipinski definition) is 2. The van der Waals surface area contributed by atoms with Crippen LogP contribution in [-0.2, 0) is 6.54 Å². The van der Waals surface area contributed by atoms with Gasteiger partial charge in [0.25, 0.3) is 0 Å². The molecule has 1 N–H and O–H groups in total. The Kier molecular flexibility index (Phi) is 8.27. The second-order valence-corrected chi connectivity index (χ2v) is 5.45. The fourth-order valence-corrected chi connectivity index (χ4v) is 2.42. The molecule has 108 valence electrons. The van der Waals surface area contributed by atoms with Gasteiger partial charge in [0.15, 0.2) is 0 Å². The Morgan fingerprint density at radius 2 is 1.89 bits per heavy atom. The van der Waals surface area contributed by atoms with Gasteiger partial charge in [0, 0.05) is 17.1 Å². The summed E-state index contributed by atoms with van der Waals surface area (Å²) < 4.78 is 5.72. The van der Waals surface area contributed by atoms with E-state index in [-0.39, 0.29) is 0 Å². The van der Waals surface area contributed by atoms with E-state index in [0.717, 1.165) is 30.8 Å². The van der Waals surface area contributed by atoms with Crippen LogP contribution in [0.15, 0.2) is 12.1 Å². The largest absolute Gasteiger partial charge is 0.492 e. The molecule has 0 bridgehead atoms. The molecule has 0 fully saturated rings. The summed E-state index contributed by atoms with van der Waals surface area (Å²) in [5.41, 5.74) is 1.03. The van der Waals surface area contributed by atoms with Crippen LogP contribution in [0, 0.1) is 0 Å². The van der Waals surface area contributed by atoms with Crippen LogP contribution < -0.4 is 10.1 Å². The van der Waals surface area contributed by atoms with Gasteiger partial charge < -0.3 is 10.1 Å². The summed E-state index contributed by atoms with van der Waals surface area (Å²) in [5.74, 6) is 0.760. The van der Waals surface area contributed by atoms with Crippen LogP contribution in [0.1, 0.15) is 45.1 Å². The predicted octanol–water partition coefficient (Wildman–Crippen LogP) is 5.06. The second kappa shape index (κ2) is 9.46. The zero-order valence-electron chi connectivity index (χ0n) is 11.8. The Hall–Kier alpha value is -0.440. The molecular formula is C15H23Cl2NO. The molecule has 19 heavy (non-hydrogen) atoms. The first-order valence-electron chi connectivity index (χ1n) is 7.00. The van der Waals surface area contributed by atoms with Gasteiger partial charge >= 0.3 is 0 Å². The molecule has 0 saturated carbocycles. The van der Waals surface area contributed by atoms with Gasteiger partial charge in [-0.05, 0) is 31.5 Å². The van der Waals surface area contributed by atoms with Crippen molar-refractivity contribution >= 4 is 23.2 Å². The zero-order chi connectivity index (χ0) is 14.1.